The summed E-state index contributed by atoms with van der Waals surface area (Å²) in [6.45, 7) is 2.08. The van der Waals surface area contributed by atoms with Crippen molar-refractivity contribution in [2.24, 2.45) is 5.10 Å². The van der Waals surface area contributed by atoms with Crippen LogP contribution in [0.2, 0.25) is 5.02 Å². The van der Waals surface area contributed by atoms with Crippen LogP contribution in [0.25, 0.3) is 0 Å². The maximum absolute atomic E-state index is 12.5. The maximum atomic E-state index is 12.5. The third-order valence-electron chi connectivity index (χ3n) is 3.99. The van der Waals surface area contributed by atoms with Gasteiger partial charge in [0.15, 0.2) is 0 Å². The summed E-state index contributed by atoms with van der Waals surface area (Å²) in [7, 11) is 0. The number of hydrogen-bond donors (Lipinski definition) is 1. The second kappa shape index (κ2) is 7.49. The van der Waals surface area contributed by atoms with Crippen molar-refractivity contribution in [3.8, 4) is 0 Å². The van der Waals surface area contributed by atoms with E-state index in [1.54, 1.807) is 24.3 Å². The molecule has 1 aliphatic heterocycles. The summed E-state index contributed by atoms with van der Waals surface area (Å²) >= 11 is 5.87. The van der Waals surface area contributed by atoms with Crippen molar-refractivity contribution in [2.45, 2.75) is 26.2 Å². The summed E-state index contributed by atoms with van der Waals surface area (Å²) in [5.41, 5.74) is 2.83. The molecule has 2 amide bonds. The average Bonchev–Trinajstić information content (AvgIpc) is 2.63. The van der Waals surface area contributed by atoms with Crippen molar-refractivity contribution in [1.29, 1.82) is 0 Å². The van der Waals surface area contributed by atoms with Crippen molar-refractivity contribution < 1.29 is 9.59 Å². The number of anilines is 2. The van der Waals surface area contributed by atoms with Gasteiger partial charge in [0.1, 0.15) is 5.71 Å². The largest absolute Gasteiger partial charge is 0.321 e. The van der Waals surface area contributed by atoms with Crippen LogP contribution in [0.15, 0.2) is 53.6 Å². The van der Waals surface area contributed by atoms with Crippen LogP contribution in [0.1, 0.15) is 25.3 Å². The van der Waals surface area contributed by atoms with Gasteiger partial charge in [-0.25, -0.2) is 5.01 Å². The number of carbonyl (C=O) groups excluding carboxylic acids is 2. The Morgan fingerprint density at radius 3 is 2.44 bits per heavy atom. The highest BCUT2D eigenvalue weighted by molar-refractivity contribution is 6.44. The first-order valence-corrected chi connectivity index (χ1v) is 8.51. The summed E-state index contributed by atoms with van der Waals surface area (Å²) in [5, 5.41) is 8.90. The van der Waals surface area contributed by atoms with Crippen molar-refractivity contribution in [2.75, 3.05) is 10.3 Å². The summed E-state index contributed by atoms with van der Waals surface area (Å²) in [4.78, 5) is 24.6. The number of aryl methyl sites for hydroxylation is 1. The summed E-state index contributed by atoms with van der Waals surface area (Å²) in [6, 6.07) is 14.4. The van der Waals surface area contributed by atoms with Gasteiger partial charge < -0.3 is 5.32 Å². The second-order valence-corrected chi connectivity index (χ2v) is 6.17. The highest BCUT2D eigenvalue weighted by atomic mass is 35.5. The molecule has 0 atom stereocenters. The van der Waals surface area contributed by atoms with Gasteiger partial charge in [0, 0.05) is 23.6 Å². The van der Waals surface area contributed by atoms with E-state index >= 15 is 0 Å². The zero-order valence-electron chi connectivity index (χ0n) is 13.8. The monoisotopic (exact) mass is 355 g/mol. The molecule has 2 aromatic carbocycles. The average molecular weight is 356 g/mol. The van der Waals surface area contributed by atoms with Crippen LogP contribution >= 0.6 is 11.6 Å². The molecule has 0 aliphatic carbocycles. The third-order valence-corrected chi connectivity index (χ3v) is 4.24. The molecule has 0 spiro atoms. The predicted octanol–water partition coefficient (Wildman–Crippen LogP) is 4.02. The molecule has 1 aliphatic rings. The highest BCUT2D eigenvalue weighted by Gasteiger charge is 2.25. The Kier molecular flexibility index (Phi) is 5.14. The van der Waals surface area contributed by atoms with E-state index in [-0.39, 0.29) is 18.2 Å². The number of carbonyl (C=O) groups is 2. The summed E-state index contributed by atoms with van der Waals surface area (Å²) in [6.07, 6.45) is 1.50. The van der Waals surface area contributed by atoms with Crippen LogP contribution in [0, 0.1) is 0 Å². The number of nitrogens with zero attached hydrogens (tertiary/aromatic N) is 2. The van der Waals surface area contributed by atoms with Crippen LogP contribution in [-0.4, -0.2) is 17.5 Å². The number of halogens is 1. The van der Waals surface area contributed by atoms with E-state index in [1.165, 1.54) is 10.6 Å². The van der Waals surface area contributed by atoms with Crippen molar-refractivity contribution in [3.63, 3.8) is 0 Å². The van der Waals surface area contributed by atoms with Gasteiger partial charge in [0.05, 0.1) is 5.69 Å². The van der Waals surface area contributed by atoms with Crippen LogP contribution in [-0.2, 0) is 16.0 Å². The molecule has 0 bridgehead atoms. The van der Waals surface area contributed by atoms with E-state index in [9.17, 15) is 9.59 Å². The summed E-state index contributed by atoms with van der Waals surface area (Å²) in [5.74, 6) is -0.443. The van der Waals surface area contributed by atoms with Crippen LogP contribution in [0.4, 0.5) is 11.4 Å². The molecule has 128 valence electrons. The van der Waals surface area contributed by atoms with E-state index in [0.29, 0.717) is 28.5 Å². The van der Waals surface area contributed by atoms with Gasteiger partial charge in [0.25, 0.3) is 5.91 Å². The molecule has 2 aromatic rings. The molecule has 0 fully saturated rings. The zero-order valence-corrected chi connectivity index (χ0v) is 14.6. The fourth-order valence-corrected chi connectivity index (χ4v) is 2.65. The third kappa shape index (κ3) is 4.06. The predicted molar refractivity (Wildman–Crippen MR) is 100 cm³/mol. The van der Waals surface area contributed by atoms with Crippen molar-refractivity contribution in [1.82, 2.24) is 0 Å². The van der Waals surface area contributed by atoms with Crippen molar-refractivity contribution in [3.05, 3.63) is 59.1 Å². The van der Waals surface area contributed by atoms with Gasteiger partial charge in [-0.15, -0.1) is 0 Å². The maximum Gasteiger partial charge on any atom is 0.271 e. The van der Waals surface area contributed by atoms with Gasteiger partial charge in [-0.2, -0.15) is 5.10 Å². The van der Waals surface area contributed by atoms with E-state index in [0.717, 1.165) is 6.42 Å². The smallest absolute Gasteiger partial charge is 0.271 e. The molecule has 0 unspecified atom stereocenters. The van der Waals surface area contributed by atoms with Crippen molar-refractivity contribution >= 4 is 40.5 Å². The standard InChI is InChI=1S/C19H18ClN3O2/c1-2-13-3-7-15(8-4-13)21-19(25)17-11-12-18(24)23(22-17)16-9-5-14(20)6-10-16/h3-10H,2,11-12H2,1H3,(H,21,25). The summed E-state index contributed by atoms with van der Waals surface area (Å²) < 4.78 is 0. The molecule has 0 saturated carbocycles. The first-order valence-electron chi connectivity index (χ1n) is 8.13. The first-order chi connectivity index (χ1) is 12.1. The lowest BCUT2D eigenvalue weighted by Crippen LogP contribution is -2.36. The number of rotatable bonds is 4. The molecule has 3 rings (SSSR count). The highest BCUT2D eigenvalue weighted by Crippen LogP contribution is 2.22. The lowest BCUT2D eigenvalue weighted by Gasteiger charge is -2.23. The topological polar surface area (TPSA) is 61.8 Å². The van der Waals surface area contributed by atoms with E-state index in [1.807, 2.05) is 24.3 Å². The Bertz CT molecular complexity index is 814. The lowest BCUT2D eigenvalue weighted by molar-refractivity contribution is -0.118. The SMILES string of the molecule is CCc1ccc(NC(=O)C2=NN(c3ccc(Cl)cc3)C(=O)CC2)cc1. The molecular weight excluding hydrogens is 338 g/mol. The zero-order chi connectivity index (χ0) is 17.8. The Labute approximate surface area is 151 Å². The molecule has 25 heavy (non-hydrogen) atoms. The van der Waals surface area contributed by atoms with Crippen LogP contribution in [0.5, 0.6) is 0 Å². The minimum atomic E-state index is -0.296. The molecule has 1 N–H and O–H groups in total. The number of benzene rings is 2. The van der Waals surface area contributed by atoms with Gasteiger partial charge in [0.2, 0.25) is 5.91 Å². The van der Waals surface area contributed by atoms with Gasteiger partial charge in [-0.3, -0.25) is 9.59 Å². The van der Waals surface area contributed by atoms with Gasteiger partial charge in [-0.1, -0.05) is 30.7 Å². The Hall–Kier alpha value is -2.66. The minimum Gasteiger partial charge on any atom is -0.321 e. The quantitative estimate of drug-likeness (QED) is 0.900. The molecule has 0 aromatic heterocycles. The number of amides is 2. The van der Waals surface area contributed by atoms with Gasteiger partial charge in [-0.05, 0) is 48.4 Å². The Balaban J connectivity index is 1.77. The first kappa shape index (κ1) is 17.2. The molecule has 0 saturated heterocycles. The van der Waals surface area contributed by atoms with E-state index in [2.05, 4.69) is 17.3 Å². The molecule has 6 heteroatoms. The fourth-order valence-electron chi connectivity index (χ4n) is 2.53. The Morgan fingerprint density at radius 1 is 1.12 bits per heavy atom. The minimum absolute atomic E-state index is 0.147. The molecule has 1 heterocycles. The molecular formula is C19H18ClN3O2. The fraction of sp³-hybridized carbons (Fsp3) is 0.211. The van der Waals surface area contributed by atoms with E-state index in [4.69, 9.17) is 11.6 Å². The van der Waals surface area contributed by atoms with Gasteiger partial charge >= 0.3 is 0 Å². The molecule has 5 nitrogen and oxygen atoms in total. The second-order valence-electron chi connectivity index (χ2n) is 5.73. The molecule has 0 radical (unpaired) electrons. The number of hydrogen-bond acceptors (Lipinski definition) is 3. The van der Waals surface area contributed by atoms with Crippen LogP contribution < -0.4 is 10.3 Å². The Morgan fingerprint density at radius 2 is 1.80 bits per heavy atom. The van der Waals surface area contributed by atoms with E-state index < -0.39 is 0 Å². The lowest BCUT2D eigenvalue weighted by atomic mass is 10.1. The number of nitrogens with one attached hydrogen (secondary N) is 1. The normalized spacial score (nSPS) is 14.2. The number of hydrazone groups is 1. The van der Waals surface area contributed by atoms with Crippen LogP contribution in [0.3, 0.4) is 0 Å².